The molecule has 0 saturated carbocycles. The summed E-state index contributed by atoms with van der Waals surface area (Å²) in [5, 5.41) is 4.30. The number of rotatable bonds is 12. The third-order valence-corrected chi connectivity index (χ3v) is 17.1. The molecule has 0 saturated heterocycles. The van der Waals surface area contributed by atoms with Crippen molar-refractivity contribution in [2.75, 3.05) is 0 Å². The molecule has 17 rings (SSSR count). The van der Waals surface area contributed by atoms with Crippen LogP contribution in [0.1, 0.15) is 0 Å². The van der Waals surface area contributed by atoms with E-state index in [4.69, 9.17) is 39.9 Å². The number of nitrogens with zero attached hydrogens (tertiary/aromatic N) is 10. The van der Waals surface area contributed by atoms with Gasteiger partial charge in [0.1, 0.15) is 0 Å². The van der Waals surface area contributed by atoms with Gasteiger partial charge in [-0.2, -0.15) is 0 Å². The number of para-hydroxylation sites is 3. The lowest BCUT2D eigenvalue weighted by Crippen LogP contribution is -2.03. The van der Waals surface area contributed by atoms with Gasteiger partial charge in [-0.25, -0.2) is 39.9 Å². The van der Waals surface area contributed by atoms with Crippen LogP contribution in [0.25, 0.3) is 168 Å². The maximum Gasteiger partial charge on any atom is 0.164 e. The van der Waals surface area contributed by atoms with Crippen LogP contribution in [0.2, 0.25) is 0 Å². The van der Waals surface area contributed by atoms with E-state index in [0.717, 1.165) is 128 Å². The third-order valence-electron chi connectivity index (χ3n) is 17.1. The lowest BCUT2D eigenvalue weighted by molar-refractivity contribution is 1.07. The summed E-state index contributed by atoms with van der Waals surface area (Å²) >= 11 is 0. The Hall–Kier alpha value is -12.7. The predicted octanol–water partition coefficient (Wildman–Crippen LogP) is 19.7. The Balaban J connectivity index is 0.883. The van der Waals surface area contributed by atoms with Crippen LogP contribution in [-0.2, 0) is 0 Å². The second-order valence-electron chi connectivity index (χ2n) is 22.7. The Labute approximate surface area is 529 Å². The fourth-order valence-corrected chi connectivity index (χ4v) is 12.7. The summed E-state index contributed by atoms with van der Waals surface area (Å²) in [5.74, 6) is 4.22. The molecule has 12 aromatic carbocycles. The first-order valence-corrected chi connectivity index (χ1v) is 30.7. The molecule has 0 atom stereocenters. The van der Waals surface area contributed by atoms with Gasteiger partial charge in [-0.05, 0) is 78.9 Å². The predicted molar refractivity (Wildman–Crippen MR) is 372 cm³/mol. The van der Waals surface area contributed by atoms with Crippen LogP contribution in [0.3, 0.4) is 0 Å². The molecule has 0 bridgehead atoms. The largest absolute Gasteiger partial charge is 0.309 e. The highest BCUT2D eigenvalue weighted by atomic mass is 15.1. The van der Waals surface area contributed by atoms with Crippen LogP contribution in [-0.4, -0.2) is 49.0 Å². The highest BCUT2D eigenvalue weighted by Crippen LogP contribution is 2.44. The molecule has 0 aliphatic carbocycles. The lowest BCUT2D eigenvalue weighted by Gasteiger charge is -2.20. The van der Waals surface area contributed by atoms with Crippen molar-refractivity contribution in [1.82, 2.24) is 49.0 Å². The summed E-state index contributed by atoms with van der Waals surface area (Å²) in [6.07, 6.45) is 0. The quantitative estimate of drug-likeness (QED) is 0.119. The molecule has 5 aromatic heterocycles. The second-order valence-corrected chi connectivity index (χ2v) is 22.7. The number of benzene rings is 12. The second kappa shape index (κ2) is 22.8. The van der Waals surface area contributed by atoms with Crippen LogP contribution in [0.5, 0.6) is 0 Å². The van der Waals surface area contributed by atoms with Crippen molar-refractivity contribution in [1.29, 1.82) is 0 Å². The Morgan fingerprint density at radius 3 is 0.880 bits per heavy atom. The molecule has 0 radical (unpaired) electrons. The van der Waals surface area contributed by atoms with Crippen LogP contribution >= 0.6 is 0 Å². The monoisotopic (exact) mass is 1180 g/mol. The highest BCUT2D eigenvalue weighted by molar-refractivity contribution is 6.13. The van der Waals surface area contributed by atoms with Gasteiger partial charge in [-0.15, -0.1) is 0 Å². The van der Waals surface area contributed by atoms with Gasteiger partial charge in [0.25, 0.3) is 0 Å². The first-order chi connectivity index (χ1) is 45.6. The normalized spacial score (nSPS) is 11.5. The molecule has 0 amide bonds. The molecule has 0 aliphatic heterocycles. The van der Waals surface area contributed by atoms with E-state index in [0.29, 0.717) is 40.8 Å². The highest BCUT2D eigenvalue weighted by Gasteiger charge is 2.24. The van der Waals surface area contributed by atoms with E-state index in [1.807, 2.05) is 133 Å². The minimum Gasteiger partial charge on any atom is -0.309 e. The van der Waals surface area contributed by atoms with Gasteiger partial charge in [0.15, 0.2) is 40.8 Å². The van der Waals surface area contributed by atoms with Crippen molar-refractivity contribution < 1.29 is 0 Å². The fourth-order valence-electron chi connectivity index (χ4n) is 12.7. The Bertz CT molecular complexity index is 5450. The molecular formula is C82H52N10. The van der Waals surface area contributed by atoms with Crippen LogP contribution < -0.4 is 0 Å². The number of aromatic nitrogens is 10. The topological polar surface area (TPSA) is 113 Å². The van der Waals surface area contributed by atoms with Crippen molar-refractivity contribution in [3.8, 4) is 125 Å². The minimum absolute atomic E-state index is 0.587. The third kappa shape index (κ3) is 9.72. The first kappa shape index (κ1) is 53.6. The van der Waals surface area contributed by atoms with Crippen molar-refractivity contribution >= 4 is 43.6 Å². The maximum atomic E-state index is 5.39. The molecule has 10 heteroatoms. The average molecular weight is 1180 g/mol. The Morgan fingerprint density at radius 2 is 0.467 bits per heavy atom. The summed E-state index contributed by atoms with van der Waals surface area (Å²) in [5.41, 5.74) is 18.0. The molecule has 0 spiro atoms. The van der Waals surface area contributed by atoms with E-state index in [-0.39, 0.29) is 0 Å². The van der Waals surface area contributed by atoms with Crippen LogP contribution in [0.15, 0.2) is 315 Å². The van der Waals surface area contributed by atoms with E-state index >= 15 is 0 Å². The van der Waals surface area contributed by atoms with Crippen molar-refractivity contribution in [3.05, 3.63) is 315 Å². The van der Waals surface area contributed by atoms with Gasteiger partial charge >= 0.3 is 0 Å². The summed E-state index contributed by atoms with van der Waals surface area (Å²) in [6.45, 7) is 0. The SMILES string of the molecule is c1ccc(-c2cc(-c3ccccc3)nc(-c3ccc(-n4c5ccccc5c5cc(-c6nc(-c7ccccc7)nc(-c7ccccc7)n6)ccc54)c(-c4ccccc4-n4c5ccccc5c5cc(-c6nc(-c7ccccc7)nc(-c7ccccc7)n6)ccc54)c3)n2)cc1. The number of fused-ring (bicyclic) bond motifs is 6. The van der Waals surface area contributed by atoms with Gasteiger partial charge in [-0.1, -0.05) is 237 Å². The van der Waals surface area contributed by atoms with Gasteiger partial charge in [-0.3, -0.25) is 0 Å². The molecule has 0 N–H and O–H groups in total. The average Bonchev–Trinajstić information content (AvgIpc) is 1.62. The summed E-state index contributed by atoms with van der Waals surface area (Å²) in [4.78, 5) is 41.5. The van der Waals surface area contributed by atoms with Crippen LogP contribution in [0, 0.1) is 0 Å². The minimum atomic E-state index is 0.587. The number of hydrogen-bond acceptors (Lipinski definition) is 8. The molecule has 0 fully saturated rings. The van der Waals surface area contributed by atoms with Gasteiger partial charge in [0, 0.05) is 82.7 Å². The molecule has 430 valence electrons. The molecular weight excluding hydrogens is 1120 g/mol. The molecule has 10 nitrogen and oxygen atoms in total. The standard InChI is InChI=1S/C82H52N10/c1-7-25-53(26-8-1)68-52-69(54-27-9-2-10-28-54)84-80(83-68)59-43-46-74(92-72-42-24-21-39-64(72)67-51-61(45-48-75(67)92)82-89-78(57-33-15-5-16-34-57)86-79(90-82)58-35-17-6-18-36-58)65(49-59)62-37-19-22-40-70(62)91-71-41-23-20-38-63(71)66-50-60(44-47-73(66)91)81-87-76(55-29-11-3-12-30-55)85-77(88-81)56-31-13-4-14-32-56/h1-52H. The number of hydrogen-bond donors (Lipinski definition) is 0. The van der Waals surface area contributed by atoms with E-state index < -0.39 is 0 Å². The van der Waals surface area contributed by atoms with Gasteiger partial charge in [0.05, 0.1) is 44.8 Å². The van der Waals surface area contributed by atoms with Crippen molar-refractivity contribution in [3.63, 3.8) is 0 Å². The maximum absolute atomic E-state index is 5.39. The molecule has 92 heavy (non-hydrogen) atoms. The van der Waals surface area contributed by atoms with E-state index in [9.17, 15) is 0 Å². The zero-order valence-corrected chi connectivity index (χ0v) is 49.5. The fraction of sp³-hybridized carbons (Fsp3) is 0. The zero-order chi connectivity index (χ0) is 60.9. The molecule has 0 unspecified atom stereocenters. The summed E-state index contributed by atoms with van der Waals surface area (Å²) < 4.78 is 4.80. The summed E-state index contributed by atoms with van der Waals surface area (Å²) in [7, 11) is 0. The van der Waals surface area contributed by atoms with E-state index in [2.05, 4.69) is 191 Å². The lowest BCUT2D eigenvalue weighted by atomic mass is 9.97. The molecule has 0 aliphatic rings. The zero-order valence-electron chi connectivity index (χ0n) is 49.5. The first-order valence-electron chi connectivity index (χ1n) is 30.7. The van der Waals surface area contributed by atoms with E-state index in [1.165, 1.54) is 0 Å². The smallest absolute Gasteiger partial charge is 0.164 e. The van der Waals surface area contributed by atoms with Gasteiger partial charge < -0.3 is 9.13 Å². The van der Waals surface area contributed by atoms with Gasteiger partial charge in [0.2, 0.25) is 0 Å². The summed E-state index contributed by atoms with van der Waals surface area (Å²) in [6, 6.07) is 109. The van der Waals surface area contributed by atoms with Crippen LogP contribution in [0.4, 0.5) is 0 Å². The Kier molecular flexibility index (Phi) is 13.3. The van der Waals surface area contributed by atoms with Crippen molar-refractivity contribution in [2.24, 2.45) is 0 Å². The van der Waals surface area contributed by atoms with E-state index in [1.54, 1.807) is 0 Å². The molecule has 5 heterocycles. The Morgan fingerprint density at radius 1 is 0.174 bits per heavy atom. The van der Waals surface area contributed by atoms with Crippen molar-refractivity contribution in [2.45, 2.75) is 0 Å². The molecule has 17 aromatic rings.